The summed E-state index contributed by atoms with van der Waals surface area (Å²) in [6, 6.07) is 25.0. The summed E-state index contributed by atoms with van der Waals surface area (Å²) in [4.78, 5) is 18.7. The number of fused-ring (bicyclic) bond motifs is 1. The number of nitrogens with zero attached hydrogens (tertiary/aromatic N) is 3. The SMILES string of the molecule is COc1cc(C)c(-c2nc3ccccc3c(=O)n2N=Cc2cc(Br)ccc2OCc2ccc(Br)cc2)cc1C(C)C. The molecule has 0 saturated carbocycles. The maximum absolute atomic E-state index is 13.8. The zero-order chi connectivity index (χ0) is 29.1. The van der Waals surface area contributed by atoms with E-state index < -0.39 is 0 Å². The number of hydrogen-bond donors (Lipinski definition) is 0. The Hall–Kier alpha value is -3.75. The topological polar surface area (TPSA) is 65.7 Å². The Morgan fingerprint density at radius 2 is 1.68 bits per heavy atom. The van der Waals surface area contributed by atoms with Gasteiger partial charge in [-0.05, 0) is 84.1 Å². The van der Waals surface area contributed by atoms with E-state index in [4.69, 9.17) is 19.6 Å². The lowest BCUT2D eigenvalue weighted by molar-refractivity contribution is 0.305. The second-order valence-corrected chi connectivity index (χ2v) is 11.8. The summed E-state index contributed by atoms with van der Waals surface area (Å²) in [5, 5.41) is 5.20. The van der Waals surface area contributed by atoms with Crippen molar-refractivity contribution in [1.29, 1.82) is 0 Å². The molecule has 0 aliphatic heterocycles. The van der Waals surface area contributed by atoms with Crippen LogP contribution >= 0.6 is 31.9 Å². The fraction of sp³-hybridized carbons (Fsp3) is 0.182. The second-order valence-electron chi connectivity index (χ2n) is 9.98. The molecule has 1 aromatic heterocycles. The summed E-state index contributed by atoms with van der Waals surface area (Å²) < 4.78 is 15.1. The second kappa shape index (κ2) is 12.4. The molecule has 0 radical (unpaired) electrons. The molecular weight excluding hydrogens is 646 g/mol. The van der Waals surface area contributed by atoms with Crippen molar-refractivity contribution in [3.8, 4) is 22.9 Å². The number of hydrogen-bond acceptors (Lipinski definition) is 5. The molecule has 41 heavy (non-hydrogen) atoms. The lowest BCUT2D eigenvalue weighted by Crippen LogP contribution is -2.21. The first-order chi connectivity index (χ1) is 19.7. The summed E-state index contributed by atoms with van der Waals surface area (Å²) in [5.41, 5.74) is 4.89. The van der Waals surface area contributed by atoms with Gasteiger partial charge in [-0.1, -0.05) is 70.0 Å². The number of aryl methyl sites for hydroxylation is 1. The first-order valence-electron chi connectivity index (χ1n) is 13.2. The van der Waals surface area contributed by atoms with Crippen molar-refractivity contribution < 1.29 is 9.47 Å². The average Bonchev–Trinajstić information content (AvgIpc) is 2.96. The molecule has 5 rings (SSSR count). The number of methoxy groups -OCH3 is 1. The van der Waals surface area contributed by atoms with E-state index in [0.29, 0.717) is 29.1 Å². The number of para-hydroxylation sites is 1. The van der Waals surface area contributed by atoms with Gasteiger partial charge < -0.3 is 9.47 Å². The van der Waals surface area contributed by atoms with E-state index in [1.807, 2.05) is 79.7 Å². The van der Waals surface area contributed by atoms with Gasteiger partial charge in [0.05, 0.1) is 24.2 Å². The molecule has 0 saturated heterocycles. The van der Waals surface area contributed by atoms with Gasteiger partial charge in [-0.2, -0.15) is 9.78 Å². The van der Waals surface area contributed by atoms with Gasteiger partial charge in [0.1, 0.15) is 18.1 Å². The molecule has 1 heterocycles. The Labute approximate surface area is 255 Å². The highest BCUT2D eigenvalue weighted by Crippen LogP contribution is 2.34. The summed E-state index contributed by atoms with van der Waals surface area (Å²) in [6.45, 7) is 6.60. The zero-order valence-electron chi connectivity index (χ0n) is 23.2. The van der Waals surface area contributed by atoms with E-state index >= 15 is 0 Å². The van der Waals surface area contributed by atoms with E-state index in [1.54, 1.807) is 19.4 Å². The van der Waals surface area contributed by atoms with Gasteiger partial charge in [0.25, 0.3) is 5.56 Å². The average molecular weight is 675 g/mol. The van der Waals surface area contributed by atoms with Crippen LogP contribution in [0.1, 0.15) is 42.0 Å². The molecule has 0 spiro atoms. The Balaban J connectivity index is 1.63. The normalized spacial score (nSPS) is 11.5. The number of rotatable bonds is 8. The molecule has 208 valence electrons. The fourth-order valence-corrected chi connectivity index (χ4v) is 5.23. The maximum Gasteiger partial charge on any atom is 0.282 e. The largest absolute Gasteiger partial charge is 0.496 e. The molecule has 0 fully saturated rings. The van der Waals surface area contributed by atoms with Gasteiger partial charge in [0.2, 0.25) is 0 Å². The first-order valence-corrected chi connectivity index (χ1v) is 14.8. The van der Waals surface area contributed by atoms with Crippen LogP contribution in [0.5, 0.6) is 11.5 Å². The van der Waals surface area contributed by atoms with Crippen LogP contribution in [0.4, 0.5) is 0 Å². The minimum Gasteiger partial charge on any atom is -0.496 e. The van der Waals surface area contributed by atoms with Crippen LogP contribution in [0.25, 0.3) is 22.3 Å². The summed E-state index contributed by atoms with van der Waals surface area (Å²) in [7, 11) is 1.67. The minimum atomic E-state index is -0.254. The highest BCUT2D eigenvalue weighted by molar-refractivity contribution is 9.10. The molecule has 0 atom stereocenters. The predicted octanol–water partition coefficient (Wildman–Crippen LogP) is 8.49. The van der Waals surface area contributed by atoms with Crippen molar-refractivity contribution in [2.45, 2.75) is 33.3 Å². The van der Waals surface area contributed by atoms with E-state index in [9.17, 15) is 4.79 Å². The standard InChI is InChI=1S/C33H29Br2N3O3/c1-20(2)27-17-28(21(3)15-31(27)40-4)32-37-29-8-6-5-7-26(29)33(39)38(32)36-18-23-16-25(35)13-14-30(23)41-19-22-9-11-24(34)12-10-22/h5-18,20H,19H2,1-4H3. The molecule has 0 N–H and O–H groups in total. The van der Waals surface area contributed by atoms with Crippen molar-refractivity contribution in [3.05, 3.63) is 120 Å². The molecule has 0 aliphatic carbocycles. The van der Waals surface area contributed by atoms with E-state index in [0.717, 1.165) is 42.5 Å². The molecule has 0 unspecified atom stereocenters. The van der Waals surface area contributed by atoms with Crippen LogP contribution in [-0.4, -0.2) is 23.0 Å². The fourth-order valence-electron chi connectivity index (χ4n) is 4.59. The van der Waals surface area contributed by atoms with Gasteiger partial charge in [0.15, 0.2) is 5.82 Å². The van der Waals surface area contributed by atoms with E-state index in [-0.39, 0.29) is 11.5 Å². The highest BCUT2D eigenvalue weighted by Gasteiger charge is 2.18. The maximum atomic E-state index is 13.8. The molecule has 0 aliphatic rings. The first kappa shape index (κ1) is 28.8. The van der Waals surface area contributed by atoms with Crippen molar-refractivity contribution in [1.82, 2.24) is 9.66 Å². The van der Waals surface area contributed by atoms with Crippen molar-refractivity contribution >= 4 is 49.0 Å². The summed E-state index contributed by atoms with van der Waals surface area (Å²) in [6.07, 6.45) is 1.64. The van der Waals surface area contributed by atoms with Crippen LogP contribution in [0.2, 0.25) is 0 Å². The molecule has 0 bridgehead atoms. The van der Waals surface area contributed by atoms with Crippen LogP contribution in [0.3, 0.4) is 0 Å². The molecule has 0 amide bonds. The summed E-state index contributed by atoms with van der Waals surface area (Å²) in [5.74, 6) is 2.12. The van der Waals surface area contributed by atoms with Gasteiger partial charge in [-0.3, -0.25) is 4.79 Å². The van der Waals surface area contributed by atoms with Crippen LogP contribution in [0, 0.1) is 6.92 Å². The third kappa shape index (κ3) is 6.29. The molecule has 6 nitrogen and oxygen atoms in total. The van der Waals surface area contributed by atoms with Crippen LogP contribution in [-0.2, 0) is 6.61 Å². The third-order valence-corrected chi connectivity index (χ3v) is 7.81. The zero-order valence-corrected chi connectivity index (χ0v) is 26.4. The van der Waals surface area contributed by atoms with Crippen LogP contribution < -0.4 is 15.0 Å². The van der Waals surface area contributed by atoms with Crippen molar-refractivity contribution in [2.24, 2.45) is 5.10 Å². The molecule has 8 heteroatoms. The third-order valence-electron chi connectivity index (χ3n) is 6.79. The Morgan fingerprint density at radius 3 is 2.41 bits per heavy atom. The van der Waals surface area contributed by atoms with Crippen molar-refractivity contribution in [3.63, 3.8) is 0 Å². The smallest absolute Gasteiger partial charge is 0.282 e. The predicted molar refractivity (Wildman–Crippen MR) is 172 cm³/mol. The molecule has 4 aromatic carbocycles. The summed E-state index contributed by atoms with van der Waals surface area (Å²) >= 11 is 7.02. The lowest BCUT2D eigenvalue weighted by atomic mass is 9.96. The Morgan fingerprint density at radius 1 is 0.951 bits per heavy atom. The monoisotopic (exact) mass is 673 g/mol. The number of halogens is 2. The van der Waals surface area contributed by atoms with Gasteiger partial charge in [-0.15, -0.1) is 0 Å². The van der Waals surface area contributed by atoms with E-state index in [1.165, 1.54) is 4.68 Å². The number of aromatic nitrogens is 2. The van der Waals surface area contributed by atoms with Gasteiger partial charge >= 0.3 is 0 Å². The Kier molecular flexibility index (Phi) is 8.71. The van der Waals surface area contributed by atoms with E-state index in [2.05, 4.69) is 45.7 Å². The lowest BCUT2D eigenvalue weighted by Gasteiger charge is -2.17. The van der Waals surface area contributed by atoms with Crippen LogP contribution in [0.15, 0.2) is 97.7 Å². The number of ether oxygens (including phenoxy) is 2. The van der Waals surface area contributed by atoms with Gasteiger partial charge in [-0.25, -0.2) is 4.98 Å². The molecule has 5 aromatic rings. The minimum absolute atomic E-state index is 0.209. The molecular formula is C33H29Br2N3O3. The Bertz CT molecular complexity index is 1810. The number of benzene rings is 4. The van der Waals surface area contributed by atoms with Gasteiger partial charge in [0, 0.05) is 20.1 Å². The highest BCUT2D eigenvalue weighted by atomic mass is 79.9. The quantitative estimate of drug-likeness (QED) is 0.155. The van der Waals surface area contributed by atoms with Crippen molar-refractivity contribution in [2.75, 3.05) is 7.11 Å².